The van der Waals surface area contributed by atoms with Crippen molar-refractivity contribution in [3.05, 3.63) is 54.1 Å². The summed E-state index contributed by atoms with van der Waals surface area (Å²) in [6, 6.07) is 16.3. The summed E-state index contributed by atoms with van der Waals surface area (Å²) in [7, 11) is 0. The first-order valence-corrected chi connectivity index (χ1v) is 8.92. The van der Waals surface area contributed by atoms with Crippen LogP contribution in [0.15, 0.2) is 48.5 Å². The molecule has 1 N–H and O–H groups in total. The van der Waals surface area contributed by atoms with Gasteiger partial charge in [0.1, 0.15) is 17.6 Å². The second kappa shape index (κ2) is 9.86. The van der Waals surface area contributed by atoms with Crippen LogP contribution < -0.4 is 14.8 Å². The highest BCUT2D eigenvalue weighted by molar-refractivity contribution is 5.56. The van der Waals surface area contributed by atoms with E-state index in [4.69, 9.17) is 9.47 Å². The molecule has 0 amide bonds. The van der Waals surface area contributed by atoms with Crippen molar-refractivity contribution in [2.75, 3.05) is 18.5 Å². The number of anilines is 1. The Morgan fingerprint density at radius 3 is 2.46 bits per heavy atom. The van der Waals surface area contributed by atoms with Crippen LogP contribution in [0.5, 0.6) is 11.5 Å². The molecular weight excluding hydrogens is 298 g/mol. The molecule has 130 valence electrons. The van der Waals surface area contributed by atoms with Gasteiger partial charge >= 0.3 is 0 Å². The third-order valence-electron chi connectivity index (χ3n) is 3.94. The molecule has 0 fully saturated rings. The zero-order valence-corrected chi connectivity index (χ0v) is 15.0. The molecule has 0 aliphatic rings. The van der Waals surface area contributed by atoms with Crippen LogP contribution >= 0.6 is 0 Å². The van der Waals surface area contributed by atoms with Crippen molar-refractivity contribution in [1.82, 2.24) is 0 Å². The summed E-state index contributed by atoms with van der Waals surface area (Å²) in [5.41, 5.74) is 2.27. The Labute approximate surface area is 146 Å². The van der Waals surface area contributed by atoms with Crippen LogP contribution in [0.1, 0.15) is 38.7 Å². The van der Waals surface area contributed by atoms with Gasteiger partial charge in [0, 0.05) is 0 Å². The average Bonchev–Trinajstić information content (AvgIpc) is 2.61. The van der Waals surface area contributed by atoms with Crippen molar-refractivity contribution < 1.29 is 9.47 Å². The van der Waals surface area contributed by atoms with E-state index in [0.717, 1.165) is 49.6 Å². The Bertz CT molecular complexity index is 595. The van der Waals surface area contributed by atoms with Crippen LogP contribution in [-0.2, 0) is 0 Å². The van der Waals surface area contributed by atoms with E-state index in [9.17, 15) is 0 Å². The highest BCUT2D eigenvalue weighted by Gasteiger charge is 2.10. The molecule has 2 aromatic carbocycles. The predicted octanol–water partition coefficient (Wildman–Crippen LogP) is 5.44. The molecule has 2 aromatic rings. The number of aryl methyl sites for hydroxylation is 1. The molecule has 1 unspecified atom stereocenters. The lowest BCUT2D eigenvalue weighted by Gasteiger charge is -2.20. The van der Waals surface area contributed by atoms with Crippen molar-refractivity contribution in [3.63, 3.8) is 0 Å². The standard InChI is InChI=1S/C21H29NO2/c1-4-6-15-23-21-10-8-7-9-20(21)22-16-18(5-2)24-19-13-11-17(3)12-14-19/h7-14,18,22H,4-6,15-16H2,1-3H3. The van der Waals surface area contributed by atoms with Crippen LogP contribution in [0.25, 0.3) is 0 Å². The van der Waals surface area contributed by atoms with E-state index in [2.05, 4.69) is 44.3 Å². The number of benzene rings is 2. The minimum Gasteiger partial charge on any atom is -0.491 e. The van der Waals surface area contributed by atoms with Gasteiger partial charge in [0.15, 0.2) is 0 Å². The third kappa shape index (κ3) is 5.80. The summed E-state index contributed by atoms with van der Waals surface area (Å²) < 4.78 is 11.9. The summed E-state index contributed by atoms with van der Waals surface area (Å²) in [6.07, 6.45) is 3.27. The molecule has 0 aliphatic carbocycles. The molecule has 24 heavy (non-hydrogen) atoms. The summed E-state index contributed by atoms with van der Waals surface area (Å²) in [6.45, 7) is 7.90. The summed E-state index contributed by atoms with van der Waals surface area (Å²) in [4.78, 5) is 0. The van der Waals surface area contributed by atoms with Crippen LogP contribution in [0.3, 0.4) is 0 Å². The molecular formula is C21H29NO2. The van der Waals surface area contributed by atoms with Gasteiger partial charge in [-0.3, -0.25) is 0 Å². The van der Waals surface area contributed by atoms with Gasteiger partial charge in [0.05, 0.1) is 18.8 Å². The number of nitrogens with one attached hydrogen (secondary N) is 1. The van der Waals surface area contributed by atoms with Gasteiger partial charge in [0.25, 0.3) is 0 Å². The number of ether oxygens (including phenoxy) is 2. The van der Waals surface area contributed by atoms with Crippen molar-refractivity contribution in [3.8, 4) is 11.5 Å². The first kappa shape index (κ1) is 18.2. The van der Waals surface area contributed by atoms with Crippen LogP contribution in [-0.4, -0.2) is 19.3 Å². The third-order valence-corrected chi connectivity index (χ3v) is 3.94. The minimum atomic E-state index is 0.122. The highest BCUT2D eigenvalue weighted by Crippen LogP contribution is 2.24. The normalized spacial score (nSPS) is 11.8. The maximum absolute atomic E-state index is 6.08. The van der Waals surface area contributed by atoms with Crippen LogP contribution in [0.2, 0.25) is 0 Å². The maximum Gasteiger partial charge on any atom is 0.142 e. The summed E-state index contributed by atoms with van der Waals surface area (Å²) >= 11 is 0. The number of hydrogen-bond acceptors (Lipinski definition) is 3. The predicted molar refractivity (Wildman–Crippen MR) is 101 cm³/mol. The summed E-state index contributed by atoms with van der Waals surface area (Å²) in [5, 5.41) is 3.47. The van der Waals surface area contributed by atoms with E-state index in [0.29, 0.717) is 0 Å². The van der Waals surface area contributed by atoms with Gasteiger partial charge in [-0.2, -0.15) is 0 Å². The molecule has 0 heterocycles. The Balaban J connectivity index is 1.91. The summed E-state index contributed by atoms with van der Waals surface area (Å²) in [5.74, 6) is 1.83. The lowest BCUT2D eigenvalue weighted by Crippen LogP contribution is -2.25. The number of hydrogen-bond donors (Lipinski definition) is 1. The van der Waals surface area contributed by atoms with Crippen LogP contribution in [0.4, 0.5) is 5.69 Å². The van der Waals surface area contributed by atoms with E-state index in [-0.39, 0.29) is 6.10 Å². The Kier molecular flexibility index (Phi) is 7.47. The molecule has 0 aliphatic heterocycles. The first-order chi connectivity index (χ1) is 11.7. The topological polar surface area (TPSA) is 30.5 Å². The van der Waals surface area contributed by atoms with Crippen molar-refractivity contribution >= 4 is 5.69 Å². The lowest BCUT2D eigenvalue weighted by molar-refractivity contribution is 0.210. The molecule has 1 atom stereocenters. The maximum atomic E-state index is 6.08. The average molecular weight is 327 g/mol. The molecule has 0 aromatic heterocycles. The first-order valence-electron chi connectivity index (χ1n) is 8.92. The zero-order chi connectivity index (χ0) is 17.2. The Morgan fingerprint density at radius 2 is 1.75 bits per heavy atom. The molecule has 3 nitrogen and oxygen atoms in total. The van der Waals surface area contributed by atoms with E-state index >= 15 is 0 Å². The van der Waals surface area contributed by atoms with Crippen molar-refractivity contribution in [2.45, 2.75) is 46.1 Å². The number of unbranched alkanes of at least 4 members (excludes halogenated alkanes) is 1. The van der Waals surface area contributed by atoms with Gasteiger partial charge in [0.2, 0.25) is 0 Å². The van der Waals surface area contributed by atoms with Crippen molar-refractivity contribution in [1.29, 1.82) is 0 Å². The largest absolute Gasteiger partial charge is 0.491 e. The van der Waals surface area contributed by atoms with E-state index in [1.807, 2.05) is 30.3 Å². The monoisotopic (exact) mass is 327 g/mol. The molecule has 0 saturated carbocycles. The second-order valence-corrected chi connectivity index (χ2v) is 6.04. The zero-order valence-electron chi connectivity index (χ0n) is 15.0. The van der Waals surface area contributed by atoms with Gasteiger partial charge in [-0.25, -0.2) is 0 Å². The fraction of sp³-hybridized carbons (Fsp3) is 0.429. The van der Waals surface area contributed by atoms with E-state index in [1.54, 1.807) is 0 Å². The molecule has 3 heteroatoms. The van der Waals surface area contributed by atoms with Gasteiger partial charge in [-0.05, 0) is 44.0 Å². The Hall–Kier alpha value is -2.16. The Morgan fingerprint density at radius 1 is 1.00 bits per heavy atom. The smallest absolute Gasteiger partial charge is 0.142 e. The fourth-order valence-electron chi connectivity index (χ4n) is 2.37. The van der Waals surface area contributed by atoms with Crippen molar-refractivity contribution in [2.24, 2.45) is 0 Å². The van der Waals surface area contributed by atoms with Gasteiger partial charge < -0.3 is 14.8 Å². The molecule has 0 radical (unpaired) electrons. The fourth-order valence-corrected chi connectivity index (χ4v) is 2.37. The van der Waals surface area contributed by atoms with E-state index in [1.165, 1.54) is 5.56 Å². The lowest BCUT2D eigenvalue weighted by atomic mass is 10.2. The second-order valence-electron chi connectivity index (χ2n) is 6.04. The van der Waals surface area contributed by atoms with Gasteiger partial charge in [-0.15, -0.1) is 0 Å². The number of para-hydroxylation sites is 2. The quantitative estimate of drug-likeness (QED) is 0.589. The molecule has 0 saturated heterocycles. The highest BCUT2D eigenvalue weighted by atomic mass is 16.5. The number of rotatable bonds is 10. The molecule has 0 bridgehead atoms. The van der Waals surface area contributed by atoms with E-state index < -0.39 is 0 Å². The molecule has 0 spiro atoms. The minimum absolute atomic E-state index is 0.122. The molecule has 2 rings (SSSR count). The van der Waals surface area contributed by atoms with Crippen LogP contribution in [0, 0.1) is 6.92 Å². The van der Waals surface area contributed by atoms with Gasteiger partial charge in [-0.1, -0.05) is 50.1 Å². The SMILES string of the molecule is CCCCOc1ccccc1NCC(CC)Oc1ccc(C)cc1.